The van der Waals surface area contributed by atoms with E-state index in [2.05, 4.69) is 46.3 Å². The zero-order valence-electron chi connectivity index (χ0n) is 17.3. The Morgan fingerprint density at radius 3 is 2.52 bits per heavy atom. The quantitative estimate of drug-likeness (QED) is 0.778. The van der Waals surface area contributed by atoms with Crippen LogP contribution in [0.3, 0.4) is 0 Å². The first-order valence-electron chi connectivity index (χ1n) is 10.9. The van der Waals surface area contributed by atoms with Gasteiger partial charge in [-0.2, -0.15) is 0 Å². The van der Waals surface area contributed by atoms with E-state index >= 15 is 0 Å². The first-order chi connectivity index (χ1) is 14.1. The molecular weight excluding hydrogens is 364 g/mol. The van der Waals surface area contributed by atoms with Gasteiger partial charge in [-0.15, -0.1) is 0 Å². The van der Waals surface area contributed by atoms with Gasteiger partial charge in [0, 0.05) is 32.7 Å². The van der Waals surface area contributed by atoms with E-state index in [4.69, 9.17) is 0 Å². The third-order valence-corrected chi connectivity index (χ3v) is 6.78. The number of amides is 3. The van der Waals surface area contributed by atoms with E-state index in [0.29, 0.717) is 6.67 Å². The normalized spacial score (nSPS) is 29.1. The van der Waals surface area contributed by atoms with Crippen molar-refractivity contribution in [2.75, 3.05) is 39.4 Å². The van der Waals surface area contributed by atoms with Gasteiger partial charge in [0.25, 0.3) is 5.91 Å². The van der Waals surface area contributed by atoms with Crippen LogP contribution in [0.1, 0.15) is 38.2 Å². The first-order valence-corrected chi connectivity index (χ1v) is 10.9. The number of nitrogens with zero attached hydrogens (tertiary/aromatic N) is 3. The van der Waals surface area contributed by atoms with Crippen molar-refractivity contribution in [1.82, 2.24) is 20.0 Å². The lowest BCUT2D eigenvalue weighted by molar-refractivity contribution is -0.136. The minimum absolute atomic E-state index is 0.0112. The topological polar surface area (TPSA) is 55.9 Å². The van der Waals surface area contributed by atoms with Crippen molar-refractivity contribution < 1.29 is 9.59 Å². The van der Waals surface area contributed by atoms with E-state index in [1.54, 1.807) is 0 Å². The van der Waals surface area contributed by atoms with Crippen LogP contribution in [0.15, 0.2) is 36.4 Å². The molecule has 3 amide bonds. The Labute approximate surface area is 173 Å². The molecule has 1 aliphatic carbocycles. The second-order valence-corrected chi connectivity index (χ2v) is 8.65. The molecule has 2 heterocycles. The van der Waals surface area contributed by atoms with Crippen molar-refractivity contribution in [3.63, 3.8) is 0 Å². The summed E-state index contributed by atoms with van der Waals surface area (Å²) in [4.78, 5) is 31.8. The number of carbonyl (C=O) groups excluding carboxylic acids is 2. The zero-order valence-corrected chi connectivity index (χ0v) is 17.3. The van der Waals surface area contributed by atoms with E-state index in [1.807, 2.05) is 18.2 Å². The van der Waals surface area contributed by atoms with Gasteiger partial charge in [-0.3, -0.25) is 14.6 Å². The number of imide groups is 1. The molecule has 2 unspecified atom stereocenters. The molecule has 6 nitrogen and oxygen atoms in total. The van der Waals surface area contributed by atoms with Crippen LogP contribution in [0.25, 0.3) is 6.08 Å². The number of nitrogens with one attached hydrogen (secondary N) is 1. The average Bonchev–Trinajstić information content (AvgIpc) is 2.97. The van der Waals surface area contributed by atoms with Crippen molar-refractivity contribution in [2.45, 2.75) is 38.1 Å². The summed E-state index contributed by atoms with van der Waals surface area (Å²) in [5.74, 6) is 0.203. The van der Waals surface area contributed by atoms with Crippen LogP contribution in [-0.2, 0) is 4.79 Å². The Balaban J connectivity index is 1.27. The summed E-state index contributed by atoms with van der Waals surface area (Å²) in [6.07, 6.45) is 8.30. The molecule has 3 aliphatic rings. The Bertz CT molecular complexity index is 757. The van der Waals surface area contributed by atoms with Crippen LogP contribution in [0.2, 0.25) is 0 Å². The molecule has 4 rings (SSSR count). The van der Waals surface area contributed by atoms with Gasteiger partial charge >= 0.3 is 6.03 Å². The molecule has 1 aromatic carbocycles. The number of piperazine rings is 1. The van der Waals surface area contributed by atoms with Gasteiger partial charge in [0.2, 0.25) is 0 Å². The van der Waals surface area contributed by atoms with Crippen LogP contribution in [0.4, 0.5) is 4.79 Å². The number of hydrogen-bond acceptors (Lipinski definition) is 4. The van der Waals surface area contributed by atoms with Gasteiger partial charge in [-0.1, -0.05) is 62.2 Å². The third-order valence-electron chi connectivity index (χ3n) is 6.78. The maximum absolute atomic E-state index is 13.1. The summed E-state index contributed by atoms with van der Waals surface area (Å²) >= 11 is 0. The Morgan fingerprint density at radius 2 is 1.79 bits per heavy atom. The van der Waals surface area contributed by atoms with E-state index in [1.165, 1.54) is 10.5 Å². The van der Waals surface area contributed by atoms with E-state index in [-0.39, 0.29) is 17.9 Å². The van der Waals surface area contributed by atoms with E-state index in [9.17, 15) is 9.59 Å². The molecule has 0 radical (unpaired) electrons. The van der Waals surface area contributed by atoms with Gasteiger partial charge < -0.3 is 5.32 Å². The largest absolute Gasteiger partial charge is 0.326 e. The molecule has 2 aliphatic heterocycles. The number of rotatable bonds is 5. The van der Waals surface area contributed by atoms with E-state index in [0.717, 1.165) is 58.4 Å². The molecule has 29 heavy (non-hydrogen) atoms. The van der Waals surface area contributed by atoms with Gasteiger partial charge in [0.1, 0.15) is 5.54 Å². The lowest BCUT2D eigenvalue weighted by Crippen LogP contribution is -2.55. The van der Waals surface area contributed by atoms with Crippen LogP contribution in [0, 0.1) is 5.92 Å². The smallest absolute Gasteiger partial charge is 0.323 e. The molecular formula is C23H32N4O2. The third kappa shape index (κ3) is 4.23. The first kappa shape index (κ1) is 20.1. The van der Waals surface area contributed by atoms with Gasteiger partial charge in [-0.05, 0) is 24.3 Å². The van der Waals surface area contributed by atoms with Crippen LogP contribution in [0.5, 0.6) is 0 Å². The number of carbonyl (C=O) groups is 2. The number of hydrogen-bond donors (Lipinski definition) is 1. The zero-order chi connectivity index (χ0) is 20.3. The van der Waals surface area contributed by atoms with Crippen LogP contribution < -0.4 is 5.32 Å². The molecule has 1 aromatic rings. The second-order valence-electron chi connectivity index (χ2n) is 8.65. The molecule has 1 N–H and O–H groups in total. The maximum Gasteiger partial charge on any atom is 0.326 e. The predicted molar refractivity (Wildman–Crippen MR) is 114 cm³/mol. The number of benzene rings is 1. The second kappa shape index (κ2) is 8.67. The average molecular weight is 397 g/mol. The molecule has 0 aromatic heterocycles. The Hall–Kier alpha value is -2.18. The van der Waals surface area contributed by atoms with Crippen LogP contribution in [-0.4, -0.2) is 71.6 Å². The highest BCUT2D eigenvalue weighted by atomic mass is 16.2. The summed E-state index contributed by atoms with van der Waals surface area (Å²) in [5, 5.41) is 3.05. The predicted octanol–water partition coefficient (Wildman–Crippen LogP) is 2.78. The Kier molecular flexibility index (Phi) is 6.01. The fourth-order valence-electron chi connectivity index (χ4n) is 4.84. The minimum atomic E-state index is -0.653. The summed E-state index contributed by atoms with van der Waals surface area (Å²) in [6, 6.07) is 10.1. The maximum atomic E-state index is 13.1. The summed E-state index contributed by atoms with van der Waals surface area (Å²) in [7, 11) is 0. The summed E-state index contributed by atoms with van der Waals surface area (Å²) < 4.78 is 0. The standard InChI is InChI=1S/C23H32N4O2/c1-19-8-5-6-12-23(19)21(28)27(22(29)24-23)18-26-16-14-25(15-17-26)13-7-11-20-9-3-2-4-10-20/h2-4,7,9-11,19H,5-6,8,12-18H2,1H3,(H,24,29)/b11-7+. The van der Waals surface area contributed by atoms with Crippen molar-refractivity contribution in [3.8, 4) is 0 Å². The summed E-state index contributed by atoms with van der Waals surface area (Å²) in [6.45, 7) is 7.08. The van der Waals surface area contributed by atoms with E-state index < -0.39 is 5.54 Å². The fourth-order valence-corrected chi connectivity index (χ4v) is 4.84. The highest BCUT2D eigenvalue weighted by molar-refractivity contribution is 6.07. The van der Waals surface area contributed by atoms with Crippen LogP contribution >= 0.6 is 0 Å². The van der Waals surface area contributed by atoms with Crippen molar-refractivity contribution in [1.29, 1.82) is 0 Å². The molecule has 2 atom stereocenters. The molecule has 1 spiro atoms. The fraction of sp³-hybridized carbons (Fsp3) is 0.565. The monoisotopic (exact) mass is 396 g/mol. The highest BCUT2D eigenvalue weighted by Gasteiger charge is 2.55. The highest BCUT2D eigenvalue weighted by Crippen LogP contribution is 2.38. The molecule has 156 valence electrons. The lowest BCUT2D eigenvalue weighted by Gasteiger charge is -2.38. The lowest BCUT2D eigenvalue weighted by atomic mass is 9.73. The molecule has 0 bridgehead atoms. The molecule has 6 heteroatoms. The molecule has 3 fully saturated rings. The number of urea groups is 1. The SMILES string of the molecule is CC1CCCCC12NC(=O)N(CN1CCN(C/C=C/c3ccccc3)CC1)C2=O. The van der Waals surface area contributed by atoms with Crippen molar-refractivity contribution >= 4 is 18.0 Å². The van der Waals surface area contributed by atoms with Gasteiger partial charge in [-0.25, -0.2) is 9.69 Å². The van der Waals surface area contributed by atoms with Crippen molar-refractivity contribution in [2.24, 2.45) is 5.92 Å². The Morgan fingerprint density at radius 1 is 1.07 bits per heavy atom. The minimum Gasteiger partial charge on any atom is -0.323 e. The van der Waals surface area contributed by atoms with Crippen molar-refractivity contribution in [3.05, 3.63) is 42.0 Å². The van der Waals surface area contributed by atoms with Gasteiger partial charge in [0.05, 0.1) is 6.67 Å². The van der Waals surface area contributed by atoms with Gasteiger partial charge in [0.15, 0.2) is 0 Å². The summed E-state index contributed by atoms with van der Waals surface area (Å²) in [5.41, 5.74) is 0.565. The molecule has 1 saturated carbocycles. The molecule has 2 saturated heterocycles.